The topological polar surface area (TPSA) is 110 Å². The van der Waals surface area contributed by atoms with Gasteiger partial charge in [0.05, 0.1) is 12.0 Å². The molecule has 1 aromatic rings. The fourth-order valence-electron chi connectivity index (χ4n) is 1.25. The maximum atomic E-state index is 11.6. The fourth-order valence-corrected chi connectivity index (χ4v) is 1.25. The summed E-state index contributed by atoms with van der Waals surface area (Å²) in [6.45, 7) is 0. The van der Waals surface area contributed by atoms with Gasteiger partial charge in [0.1, 0.15) is 0 Å². The second kappa shape index (κ2) is 5.13. The van der Waals surface area contributed by atoms with Crippen molar-refractivity contribution >= 4 is 17.7 Å². The first kappa shape index (κ1) is 13.4. The smallest absolute Gasteiger partial charge is 0.414 e. The number of nitro benzene ring substituents is 1. The normalized spacial score (nSPS) is 9.67. The minimum absolute atomic E-state index is 0.00507. The van der Waals surface area contributed by atoms with Crippen LogP contribution >= 0.6 is 0 Å². The lowest BCUT2D eigenvalue weighted by Crippen LogP contribution is -2.31. The third kappa shape index (κ3) is 2.54. The van der Waals surface area contributed by atoms with Gasteiger partial charge < -0.3 is 9.84 Å². The van der Waals surface area contributed by atoms with E-state index in [1.54, 1.807) is 0 Å². The van der Waals surface area contributed by atoms with Gasteiger partial charge in [-0.1, -0.05) is 0 Å². The van der Waals surface area contributed by atoms with Gasteiger partial charge in [-0.05, 0) is 12.1 Å². The highest BCUT2D eigenvalue weighted by atomic mass is 16.6. The van der Waals surface area contributed by atoms with Gasteiger partial charge in [-0.25, -0.2) is 9.69 Å². The molecule has 0 atom stereocenters. The second-order valence-electron chi connectivity index (χ2n) is 3.29. The molecule has 0 radical (unpaired) electrons. The van der Waals surface area contributed by atoms with Gasteiger partial charge in [0.2, 0.25) is 0 Å². The summed E-state index contributed by atoms with van der Waals surface area (Å²) in [6.07, 6.45) is -1.45. The Bertz CT molecular complexity index is 513. The van der Waals surface area contributed by atoms with Crippen LogP contribution in [-0.2, 0) is 0 Å². The second-order valence-corrected chi connectivity index (χ2v) is 3.29. The molecule has 1 rings (SSSR count). The van der Waals surface area contributed by atoms with Gasteiger partial charge in [0, 0.05) is 18.7 Å². The lowest BCUT2D eigenvalue weighted by molar-refractivity contribution is -0.385. The van der Waals surface area contributed by atoms with E-state index in [0.29, 0.717) is 4.90 Å². The van der Waals surface area contributed by atoms with Crippen LogP contribution in [0.5, 0.6) is 5.75 Å². The first-order valence-corrected chi connectivity index (χ1v) is 4.72. The Morgan fingerprint density at radius 3 is 2.50 bits per heavy atom. The third-order valence-corrected chi connectivity index (χ3v) is 2.21. The molecule has 1 aromatic carbocycles. The summed E-state index contributed by atoms with van der Waals surface area (Å²) >= 11 is 0. The van der Waals surface area contributed by atoms with Gasteiger partial charge in [0.25, 0.3) is 5.91 Å². The van der Waals surface area contributed by atoms with Crippen LogP contribution in [0.25, 0.3) is 0 Å². The molecule has 0 bridgehead atoms. The summed E-state index contributed by atoms with van der Waals surface area (Å²) in [5.41, 5.74) is -0.505. The van der Waals surface area contributed by atoms with Crippen LogP contribution in [0.15, 0.2) is 18.2 Å². The summed E-state index contributed by atoms with van der Waals surface area (Å²) in [6, 6.07) is 3.47. The van der Waals surface area contributed by atoms with Crippen molar-refractivity contribution in [1.82, 2.24) is 4.90 Å². The van der Waals surface area contributed by atoms with E-state index in [2.05, 4.69) is 0 Å². The quantitative estimate of drug-likeness (QED) is 0.644. The van der Waals surface area contributed by atoms with Crippen LogP contribution < -0.4 is 4.74 Å². The van der Waals surface area contributed by atoms with Crippen LogP contribution in [0, 0.1) is 10.1 Å². The van der Waals surface area contributed by atoms with Crippen molar-refractivity contribution in [3.8, 4) is 5.75 Å². The molecule has 8 nitrogen and oxygen atoms in total. The Balaban J connectivity index is 3.20. The lowest BCUT2D eigenvalue weighted by atomic mass is 10.1. The third-order valence-electron chi connectivity index (χ3n) is 2.21. The summed E-state index contributed by atoms with van der Waals surface area (Å²) in [5.74, 6) is -0.859. The minimum Gasteiger partial charge on any atom is -0.490 e. The molecule has 1 N–H and O–H groups in total. The number of rotatable bonds is 3. The zero-order valence-electron chi connectivity index (χ0n) is 9.61. The molecule has 0 aromatic heterocycles. The van der Waals surface area contributed by atoms with Crippen LogP contribution in [0.1, 0.15) is 10.4 Å². The molecule has 2 amide bonds. The molecule has 0 fully saturated rings. The molecule has 0 unspecified atom stereocenters. The lowest BCUT2D eigenvalue weighted by Gasteiger charge is -2.11. The molecule has 8 heteroatoms. The molecule has 0 aliphatic carbocycles. The van der Waals surface area contributed by atoms with Crippen molar-refractivity contribution in [1.29, 1.82) is 0 Å². The van der Waals surface area contributed by atoms with Crippen LogP contribution in [-0.4, -0.2) is 41.1 Å². The van der Waals surface area contributed by atoms with E-state index >= 15 is 0 Å². The van der Waals surface area contributed by atoms with E-state index in [0.717, 1.165) is 13.1 Å². The number of methoxy groups -OCH3 is 1. The number of nitro groups is 1. The molecule has 0 aliphatic rings. The van der Waals surface area contributed by atoms with Crippen molar-refractivity contribution in [2.45, 2.75) is 0 Å². The van der Waals surface area contributed by atoms with E-state index in [1.165, 1.54) is 19.2 Å². The van der Waals surface area contributed by atoms with Gasteiger partial charge in [-0.2, -0.15) is 0 Å². The number of benzene rings is 1. The maximum absolute atomic E-state index is 11.6. The largest absolute Gasteiger partial charge is 0.490 e. The highest BCUT2D eigenvalue weighted by Gasteiger charge is 2.22. The number of carboxylic acid groups (broad SMARTS) is 1. The van der Waals surface area contributed by atoms with Crippen molar-refractivity contribution in [3.63, 3.8) is 0 Å². The molecule has 0 aliphatic heterocycles. The molecule has 0 saturated heterocycles. The molecule has 0 saturated carbocycles. The number of hydrogen-bond donors (Lipinski definition) is 1. The summed E-state index contributed by atoms with van der Waals surface area (Å²) in [5, 5.41) is 19.4. The van der Waals surface area contributed by atoms with Crippen LogP contribution in [0.2, 0.25) is 0 Å². The molecular formula is C10H10N2O6. The van der Waals surface area contributed by atoms with E-state index in [9.17, 15) is 19.7 Å². The molecule has 0 spiro atoms. The summed E-state index contributed by atoms with van der Waals surface area (Å²) < 4.78 is 4.77. The van der Waals surface area contributed by atoms with Crippen LogP contribution in [0.4, 0.5) is 10.5 Å². The van der Waals surface area contributed by atoms with E-state index in [4.69, 9.17) is 9.84 Å². The highest BCUT2D eigenvalue weighted by molar-refractivity contribution is 6.02. The van der Waals surface area contributed by atoms with Crippen molar-refractivity contribution < 1.29 is 24.4 Å². The Hall–Kier alpha value is -2.64. The van der Waals surface area contributed by atoms with Crippen molar-refractivity contribution in [2.24, 2.45) is 0 Å². The predicted octanol–water partition coefficient (Wildman–Crippen LogP) is 1.35. The Morgan fingerprint density at radius 1 is 1.44 bits per heavy atom. The first-order chi connectivity index (χ1) is 8.38. The number of ether oxygens (including phenoxy) is 1. The standard InChI is InChI=1S/C10H10N2O6/c1-11(10(14)15)9(13)6-3-4-8(18-2)7(5-6)12(16)17/h3-5H,1-2H3,(H,14,15). The SMILES string of the molecule is COc1ccc(C(=O)N(C)C(=O)O)cc1[N+](=O)[O-]. The summed E-state index contributed by atoms with van der Waals surface area (Å²) in [7, 11) is 2.31. The number of imide groups is 1. The molecular weight excluding hydrogens is 244 g/mol. The Kier molecular flexibility index (Phi) is 3.82. The molecule has 96 valence electrons. The highest BCUT2D eigenvalue weighted by Crippen LogP contribution is 2.27. The fraction of sp³-hybridized carbons (Fsp3) is 0.200. The van der Waals surface area contributed by atoms with Crippen LogP contribution in [0.3, 0.4) is 0 Å². The van der Waals surface area contributed by atoms with Gasteiger partial charge >= 0.3 is 11.8 Å². The molecule has 0 heterocycles. The number of carbonyl (C=O) groups excluding carboxylic acids is 1. The zero-order valence-corrected chi connectivity index (χ0v) is 9.61. The predicted molar refractivity (Wildman–Crippen MR) is 59.8 cm³/mol. The monoisotopic (exact) mass is 254 g/mol. The zero-order chi connectivity index (χ0) is 13.9. The molecule has 18 heavy (non-hydrogen) atoms. The number of nitrogens with zero attached hydrogens (tertiary/aromatic N) is 2. The Labute approximate surface area is 102 Å². The number of carbonyl (C=O) groups is 2. The minimum atomic E-state index is -1.45. The number of amides is 2. The van der Waals surface area contributed by atoms with Crippen molar-refractivity contribution in [2.75, 3.05) is 14.2 Å². The van der Waals surface area contributed by atoms with E-state index < -0.39 is 22.6 Å². The maximum Gasteiger partial charge on any atom is 0.414 e. The van der Waals surface area contributed by atoms with E-state index in [-0.39, 0.29) is 11.3 Å². The number of hydrogen-bond acceptors (Lipinski definition) is 5. The van der Waals surface area contributed by atoms with Gasteiger partial charge in [-0.15, -0.1) is 0 Å². The average molecular weight is 254 g/mol. The first-order valence-electron chi connectivity index (χ1n) is 4.72. The Morgan fingerprint density at radius 2 is 2.06 bits per heavy atom. The van der Waals surface area contributed by atoms with Crippen molar-refractivity contribution in [3.05, 3.63) is 33.9 Å². The average Bonchev–Trinajstić information content (AvgIpc) is 2.35. The van der Waals surface area contributed by atoms with Gasteiger partial charge in [-0.3, -0.25) is 14.9 Å². The van der Waals surface area contributed by atoms with Gasteiger partial charge in [0.15, 0.2) is 5.75 Å². The summed E-state index contributed by atoms with van der Waals surface area (Å²) in [4.78, 5) is 32.7. The van der Waals surface area contributed by atoms with E-state index in [1.807, 2.05) is 0 Å².